The van der Waals surface area contributed by atoms with E-state index in [4.69, 9.17) is 5.73 Å². The normalized spacial score (nSPS) is 31.6. The Hall–Kier alpha value is -1.35. The van der Waals surface area contributed by atoms with Crippen molar-refractivity contribution in [1.82, 2.24) is 4.90 Å². The zero-order chi connectivity index (χ0) is 15.5. The molecule has 4 atom stereocenters. The first-order valence-corrected chi connectivity index (χ1v) is 8.70. The van der Waals surface area contributed by atoms with E-state index in [2.05, 4.69) is 36.1 Å². The van der Waals surface area contributed by atoms with Crippen LogP contribution < -0.4 is 5.73 Å². The number of hydrogen-bond donors (Lipinski definition) is 1. The molecule has 1 amide bonds. The van der Waals surface area contributed by atoms with Crippen LogP contribution in [-0.4, -0.2) is 30.4 Å². The summed E-state index contributed by atoms with van der Waals surface area (Å²) < 4.78 is 0. The first-order valence-electron chi connectivity index (χ1n) is 8.70. The first kappa shape index (κ1) is 15.5. The molecule has 120 valence electrons. The third-order valence-corrected chi connectivity index (χ3v) is 5.59. The summed E-state index contributed by atoms with van der Waals surface area (Å²) in [4.78, 5) is 14.7. The minimum atomic E-state index is 0.344. The molecule has 0 aromatic heterocycles. The van der Waals surface area contributed by atoms with Gasteiger partial charge in [0.25, 0.3) is 0 Å². The van der Waals surface area contributed by atoms with Crippen LogP contribution in [0.15, 0.2) is 30.3 Å². The molecule has 2 aliphatic rings. The van der Waals surface area contributed by atoms with Crippen molar-refractivity contribution in [3.63, 3.8) is 0 Å². The molecule has 1 saturated carbocycles. The van der Waals surface area contributed by atoms with Crippen LogP contribution in [0, 0.1) is 17.8 Å². The number of nitrogens with zero attached hydrogens (tertiary/aromatic N) is 1. The maximum Gasteiger partial charge on any atom is 0.222 e. The minimum absolute atomic E-state index is 0.344. The van der Waals surface area contributed by atoms with E-state index in [-0.39, 0.29) is 0 Å². The molecule has 2 fully saturated rings. The smallest absolute Gasteiger partial charge is 0.222 e. The molecule has 0 radical (unpaired) electrons. The minimum Gasteiger partial charge on any atom is -0.342 e. The Labute approximate surface area is 133 Å². The van der Waals surface area contributed by atoms with Gasteiger partial charge in [0.1, 0.15) is 0 Å². The SMILES string of the molecule is CC1CCC(CC(=O)N2C[C@@H](CN)[C@H](c3ccccc3)C2)C1. The van der Waals surface area contributed by atoms with E-state index in [0.29, 0.717) is 30.2 Å². The average molecular weight is 300 g/mol. The summed E-state index contributed by atoms with van der Waals surface area (Å²) in [6.45, 7) is 4.63. The van der Waals surface area contributed by atoms with Gasteiger partial charge in [0, 0.05) is 25.4 Å². The summed E-state index contributed by atoms with van der Waals surface area (Å²) in [5.41, 5.74) is 7.29. The molecule has 22 heavy (non-hydrogen) atoms. The van der Waals surface area contributed by atoms with Crippen LogP contribution in [0.1, 0.15) is 44.1 Å². The summed E-state index contributed by atoms with van der Waals surface area (Å²) in [5.74, 6) is 2.54. The molecule has 2 unspecified atom stereocenters. The largest absolute Gasteiger partial charge is 0.342 e. The lowest BCUT2D eigenvalue weighted by atomic mass is 9.89. The fourth-order valence-corrected chi connectivity index (χ4v) is 4.28. The van der Waals surface area contributed by atoms with Crippen LogP contribution in [0.25, 0.3) is 0 Å². The number of hydrogen-bond acceptors (Lipinski definition) is 2. The third-order valence-electron chi connectivity index (χ3n) is 5.59. The van der Waals surface area contributed by atoms with E-state index in [1.54, 1.807) is 0 Å². The molecule has 1 aliphatic carbocycles. The van der Waals surface area contributed by atoms with Gasteiger partial charge in [0.05, 0.1) is 0 Å². The van der Waals surface area contributed by atoms with Crippen molar-refractivity contribution < 1.29 is 4.79 Å². The second-order valence-corrected chi connectivity index (χ2v) is 7.30. The monoisotopic (exact) mass is 300 g/mol. The standard InChI is InChI=1S/C19H28N2O/c1-14-7-8-15(9-14)10-19(22)21-12-17(11-20)18(13-21)16-5-3-2-4-6-16/h2-6,14-15,17-18H,7-13,20H2,1H3/t14?,15?,17-,18+/m1/s1. The van der Waals surface area contributed by atoms with E-state index < -0.39 is 0 Å². The molecule has 0 bridgehead atoms. The van der Waals surface area contributed by atoms with Crippen LogP contribution in [0.3, 0.4) is 0 Å². The molecule has 0 spiro atoms. The zero-order valence-corrected chi connectivity index (χ0v) is 13.6. The van der Waals surface area contributed by atoms with E-state index in [0.717, 1.165) is 25.4 Å². The van der Waals surface area contributed by atoms with Crippen molar-refractivity contribution in [2.75, 3.05) is 19.6 Å². The number of benzene rings is 1. The van der Waals surface area contributed by atoms with Crippen molar-refractivity contribution in [2.24, 2.45) is 23.5 Å². The van der Waals surface area contributed by atoms with Crippen molar-refractivity contribution in [1.29, 1.82) is 0 Å². The lowest BCUT2D eigenvalue weighted by molar-refractivity contribution is -0.131. The van der Waals surface area contributed by atoms with Gasteiger partial charge in [-0.1, -0.05) is 43.7 Å². The maximum atomic E-state index is 12.6. The van der Waals surface area contributed by atoms with Crippen molar-refractivity contribution in [3.8, 4) is 0 Å². The van der Waals surface area contributed by atoms with Gasteiger partial charge in [0.2, 0.25) is 5.91 Å². The molecule has 1 aromatic carbocycles. The Balaban J connectivity index is 1.62. The highest BCUT2D eigenvalue weighted by Gasteiger charge is 2.36. The number of rotatable bonds is 4. The summed E-state index contributed by atoms with van der Waals surface area (Å²) in [5, 5.41) is 0. The molecule has 1 aromatic rings. The molecule has 1 saturated heterocycles. The Kier molecular flexibility index (Phi) is 4.82. The van der Waals surface area contributed by atoms with Gasteiger partial charge >= 0.3 is 0 Å². The molecule has 3 nitrogen and oxygen atoms in total. The molecular formula is C19H28N2O. The number of likely N-dealkylation sites (tertiary alicyclic amines) is 1. The molecule has 1 aliphatic heterocycles. The number of nitrogens with two attached hydrogens (primary N) is 1. The second kappa shape index (κ2) is 6.82. The second-order valence-electron chi connectivity index (χ2n) is 7.30. The number of amides is 1. The summed E-state index contributed by atoms with van der Waals surface area (Å²) >= 11 is 0. The summed E-state index contributed by atoms with van der Waals surface area (Å²) in [6.07, 6.45) is 4.48. The van der Waals surface area contributed by atoms with E-state index in [1.165, 1.54) is 24.8 Å². The van der Waals surface area contributed by atoms with Crippen LogP contribution in [0.5, 0.6) is 0 Å². The van der Waals surface area contributed by atoms with Gasteiger partial charge in [0.15, 0.2) is 0 Å². The van der Waals surface area contributed by atoms with E-state index in [9.17, 15) is 4.79 Å². The van der Waals surface area contributed by atoms with Gasteiger partial charge in [-0.3, -0.25) is 4.79 Å². The number of carbonyl (C=O) groups excluding carboxylic acids is 1. The molecule has 1 heterocycles. The first-order chi connectivity index (χ1) is 10.7. The molecule has 2 N–H and O–H groups in total. The van der Waals surface area contributed by atoms with Gasteiger partial charge < -0.3 is 10.6 Å². The highest BCUT2D eigenvalue weighted by molar-refractivity contribution is 5.77. The van der Waals surface area contributed by atoms with Crippen molar-refractivity contribution in [2.45, 2.75) is 38.5 Å². The molecule has 3 rings (SSSR count). The fraction of sp³-hybridized carbons (Fsp3) is 0.632. The summed E-state index contributed by atoms with van der Waals surface area (Å²) in [6, 6.07) is 10.5. The van der Waals surface area contributed by atoms with Gasteiger partial charge in [-0.05, 0) is 42.7 Å². The van der Waals surface area contributed by atoms with Crippen LogP contribution in [-0.2, 0) is 4.79 Å². The van der Waals surface area contributed by atoms with Crippen LogP contribution in [0.4, 0.5) is 0 Å². The van der Waals surface area contributed by atoms with Gasteiger partial charge in [-0.15, -0.1) is 0 Å². The van der Waals surface area contributed by atoms with Gasteiger partial charge in [-0.25, -0.2) is 0 Å². The Morgan fingerprint density at radius 2 is 2.00 bits per heavy atom. The Morgan fingerprint density at radius 1 is 1.23 bits per heavy atom. The highest BCUT2D eigenvalue weighted by atomic mass is 16.2. The predicted octanol–water partition coefficient (Wildman–Crippen LogP) is 3.01. The molecule has 3 heteroatoms. The van der Waals surface area contributed by atoms with E-state index in [1.807, 2.05) is 6.07 Å². The lowest BCUT2D eigenvalue weighted by Gasteiger charge is -2.19. The average Bonchev–Trinajstić information content (AvgIpc) is 3.14. The van der Waals surface area contributed by atoms with Crippen LogP contribution >= 0.6 is 0 Å². The Bertz CT molecular complexity index is 501. The van der Waals surface area contributed by atoms with Gasteiger partial charge in [-0.2, -0.15) is 0 Å². The maximum absolute atomic E-state index is 12.6. The number of carbonyl (C=O) groups is 1. The van der Waals surface area contributed by atoms with E-state index >= 15 is 0 Å². The summed E-state index contributed by atoms with van der Waals surface area (Å²) in [7, 11) is 0. The predicted molar refractivity (Wildman–Crippen MR) is 89.4 cm³/mol. The van der Waals surface area contributed by atoms with Crippen molar-refractivity contribution in [3.05, 3.63) is 35.9 Å². The quantitative estimate of drug-likeness (QED) is 0.929. The zero-order valence-electron chi connectivity index (χ0n) is 13.6. The Morgan fingerprint density at radius 3 is 2.64 bits per heavy atom. The van der Waals surface area contributed by atoms with Crippen LogP contribution in [0.2, 0.25) is 0 Å². The highest BCUT2D eigenvalue weighted by Crippen LogP contribution is 2.35. The lowest BCUT2D eigenvalue weighted by Crippen LogP contribution is -2.31. The fourth-order valence-electron chi connectivity index (χ4n) is 4.28. The third kappa shape index (κ3) is 3.35. The topological polar surface area (TPSA) is 46.3 Å². The van der Waals surface area contributed by atoms with Crippen molar-refractivity contribution >= 4 is 5.91 Å². The molecular weight excluding hydrogens is 272 g/mol.